The predicted molar refractivity (Wildman–Crippen MR) is 117 cm³/mol. The lowest BCUT2D eigenvalue weighted by Gasteiger charge is -2.26. The van der Waals surface area contributed by atoms with E-state index in [1.54, 1.807) is 44.6 Å². The van der Waals surface area contributed by atoms with Gasteiger partial charge >= 0.3 is 5.97 Å². The Morgan fingerprint density at radius 2 is 1.69 bits per heavy atom. The lowest BCUT2D eigenvalue weighted by Crippen LogP contribution is -2.21. The number of benzene rings is 3. The maximum Gasteiger partial charge on any atom is 0.312 e. The van der Waals surface area contributed by atoms with E-state index in [9.17, 15) is 9.59 Å². The van der Waals surface area contributed by atoms with Crippen molar-refractivity contribution in [3.63, 3.8) is 0 Å². The molecule has 0 unspecified atom stereocenters. The number of fused-ring (bicyclic) bond motifs is 3. The molecule has 0 spiro atoms. The molecule has 3 aromatic rings. The number of carbonyl (C=O) groups excluding carboxylic acids is 2. The highest BCUT2D eigenvalue weighted by Crippen LogP contribution is 2.49. The minimum Gasteiger partial charge on any atom is -0.493 e. The van der Waals surface area contributed by atoms with Gasteiger partial charge in [-0.15, -0.1) is 0 Å². The summed E-state index contributed by atoms with van der Waals surface area (Å²) in [5.41, 5.74) is 2.87. The summed E-state index contributed by atoms with van der Waals surface area (Å²) in [6, 6.07) is 18.4. The predicted octanol–water partition coefficient (Wildman–Crippen LogP) is 4.76. The molecule has 5 rings (SSSR count). The number of rotatable bonds is 4. The molecule has 0 radical (unpaired) electrons. The molecule has 6 heteroatoms. The number of esters is 1. The Bertz CT molecular complexity index is 1260. The maximum atomic E-state index is 13.1. The largest absolute Gasteiger partial charge is 0.493 e. The fraction of sp³-hybridized carbons (Fsp3) is 0.154. The van der Waals surface area contributed by atoms with Gasteiger partial charge in [-0.3, -0.25) is 9.59 Å². The van der Waals surface area contributed by atoms with E-state index >= 15 is 0 Å². The monoisotopic (exact) mass is 428 g/mol. The molecule has 0 saturated heterocycles. The number of methoxy groups -OCH3 is 2. The zero-order valence-corrected chi connectivity index (χ0v) is 17.6. The number of allylic oxidation sites excluding steroid dienone is 1. The normalized spacial score (nSPS) is 17.9. The Hall–Kier alpha value is -4.06. The summed E-state index contributed by atoms with van der Waals surface area (Å²) in [5, 5.41) is 0. The van der Waals surface area contributed by atoms with E-state index in [0.717, 1.165) is 16.7 Å². The minimum atomic E-state index is -0.309. The molecule has 32 heavy (non-hydrogen) atoms. The van der Waals surface area contributed by atoms with Crippen LogP contribution in [0.2, 0.25) is 0 Å². The highest BCUT2D eigenvalue weighted by molar-refractivity contribution is 6.15. The highest BCUT2D eigenvalue weighted by Gasteiger charge is 2.38. The third kappa shape index (κ3) is 3.30. The van der Waals surface area contributed by atoms with E-state index in [0.29, 0.717) is 28.6 Å². The summed E-state index contributed by atoms with van der Waals surface area (Å²) in [7, 11) is 3.12. The van der Waals surface area contributed by atoms with Crippen LogP contribution in [0, 0.1) is 0 Å². The SMILES string of the molecule is COc1ccc(/C=C2\Oc3c(ccc4c3[C@@H](c3ccccc3)CC(=O)O4)C2=O)cc1OC. The van der Waals surface area contributed by atoms with Gasteiger partial charge in [0.25, 0.3) is 0 Å². The van der Waals surface area contributed by atoms with E-state index in [1.807, 2.05) is 36.4 Å². The molecule has 2 aliphatic heterocycles. The number of carbonyl (C=O) groups is 2. The molecule has 3 aromatic carbocycles. The molecule has 2 aliphatic rings. The van der Waals surface area contributed by atoms with E-state index < -0.39 is 0 Å². The topological polar surface area (TPSA) is 71.1 Å². The van der Waals surface area contributed by atoms with Crippen LogP contribution in [0.3, 0.4) is 0 Å². The van der Waals surface area contributed by atoms with Crippen molar-refractivity contribution in [2.45, 2.75) is 12.3 Å². The first kappa shape index (κ1) is 19.9. The standard InChI is InChI=1S/C26H20O6/c1-29-19-10-8-15(12-21(19)30-2)13-22-25(28)17-9-11-20-24(26(17)32-22)18(14-23(27)31-20)16-6-4-3-5-7-16/h3-13,18H,14H2,1-2H3/b22-13-/t18-/m1/s1. The quantitative estimate of drug-likeness (QED) is 0.339. The summed E-state index contributed by atoms with van der Waals surface area (Å²) in [4.78, 5) is 25.3. The number of ether oxygens (including phenoxy) is 4. The van der Waals surface area contributed by atoms with Crippen LogP contribution in [-0.2, 0) is 4.79 Å². The lowest BCUT2D eigenvalue weighted by molar-refractivity contribution is -0.135. The van der Waals surface area contributed by atoms with Gasteiger partial charge in [0.15, 0.2) is 17.3 Å². The Labute approximate surface area is 185 Å². The minimum absolute atomic E-state index is 0.180. The van der Waals surface area contributed by atoms with Gasteiger partial charge in [0.1, 0.15) is 11.5 Å². The zero-order valence-electron chi connectivity index (χ0n) is 17.6. The van der Waals surface area contributed by atoms with E-state index in [-0.39, 0.29) is 29.9 Å². The van der Waals surface area contributed by atoms with Crippen LogP contribution in [-0.4, -0.2) is 26.0 Å². The average molecular weight is 428 g/mol. The maximum absolute atomic E-state index is 13.1. The Morgan fingerprint density at radius 3 is 2.44 bits per heavy atom. The van der Waals surface area contributed by atoms with Crippen LogP contribution in [0.15, 0.2) is 66.4 Å². The summed E-state index contributed by atoms with van der Waals surface area (Å²) in [5.74, 6) is 1.43. The number of hydrogen-bond acceptors (Lipinski definition) is 6. The molecule has 0 bridgehead atoms. The molecule has 0 fully saturated rings. The fourth-order valence-electron chi connectivity index (χ4n) is 4.17. The molecule has 0 saturated carbocycles. The summed E-state index contributed by atoms with van der Waals surface area (Å²) >= 11 is 0. The fourth-order valence-corrected chi connectivity index (χ4v) is 4.17. The van der Waals surface area contributed by atoms with Crippen LogP contribution in [0.1, 0.15) is 39.4 Å². The molecule has 0 N–H and O–H groups in total. The van der Waals surface area contributed by atoms with Crippen LogP contribution in [0.4, 0.5) is 0 Å². The first-order chi connectivity index (χ1) is 15.6. The molecular formula is C26H20O6. The van der Waals surface area contributed by atoms with Crippen LogP contribution >= 0.6 is 0 Å². The Morgan fingerprint density at radius 1 is 0.906 bits per heavy atom. The van der Waals surface area contributed by atoms with Gasteiger partial charge in [0.2, 0.25) is 5.78 Å². The molecule has 0 aromatic heterocycles. The van der Waals surface area contributed by atoms with E-state index in [4.69, 9.17) is 18.9 Å². The second-order valence-electron chi connectivity index (χ2n) is 7.55. The van der Waals surface area contributed by atoms with E-state index in [2.05, 4.69) is 0 Å². The summed E-state index contributed by atoms with van der Waals surface area (Å²) in [6.07, 6.45) is 1.85. The van der Waals surface area contributed by atoms with E-state index in [1.165, 1.54) is 0 Å². The van der Waals surface area contributed by atoms with Crippen molar-refractivity contribution in [1.29, 1.82) is 0 Å². The van der Waals surface area contributed by atoms with Crippen LogP contribution in [0.25, 0.3) is 6.08 Å². The van der Waals surface area contributed by atoms with Crippen molar-refractivity contribution in [2.24, 2.45) is 0 Å². The van der Waals surface area contributed by atoms with Crippen molar-refractivity contribution in [2.75, 3.05) is 14.2 Å². The third-order valence-corrected chi connectivity index (χ3v) is 5.69. The van der Waals surface area contributed by atoms with Gasteiger partial charge in [-0.05, 0) is 41.5 Å². The van der Waals surface area contributed by atoms with Gasteiger partial charge in [0.05, 0.1) is 26.2 Å². The molecule has 0 amide bonds. The molecule has 1 atom stereocenters. The van der Waals surface area contributed by atoms with Gasteiger partial charge in [0, 0.05) is 11.5 Å². The van der Waals surface area contributed by atoms with Gasteiger partial charge in [-0.25, -0.2) is 0 Å². The van der Waals surface area contributed by atoms with Crippen molar-refractivity contribution in [1.82, 2.24) is 0 Å². The van der Waals surface area contributed by atoms with Crippen LogP contribution < -0.4 is 18.9 Å². The molecule has 160 valence electrons. The first-order valence-corrected chi connectivity index (χ1v) is 10.2. The summed E-state index contributed by atoms with van der Waals surface area (Å²) in [6.45, 7) is 0. The average Bonchev–Trinajstić information content (AvgIpc) is 3.14. The van der Waals surface area contributed by atoms with Gasteiger partial charge in [-0.2, -0.15) is 0 Å². The smallest absolute Gasteiger partial charge is 0.312 e. The third-order valence-electron chi connectivity index (χ3n) is 5.69. The second kappa shape index (κ2) is 7.89. The second-order valence-corrected chi connectivity index (χ2v) is 7.55. The van der Waals surface area contributed by atoms with Crippen molar-refractivity contribution in [3.8, 4) is 23.0 Å². The first-order valence-electron chi connectivity index (χ1n) is 10.2. The number of hydrogen-bond donors (Lipinski definition) is 0. The Balaban J connectivity index is 1.58. The molecule has 2 heterocycles. The zero-order chi connectivity index (χ0) is 22.2. The summed E-state index contributed by atoms with van der Waals surface area (Å²) < 4.78 is 22.2. The van der Waals surface area contributed by atoms with Crippen molar-refractivity contribution >= 4 is 17.8 Å². The molecular weight excluding hydrogens is 408 g/mol. The Kier molecular flexibility index (Phi) is 4.90. The van der Waals surface area contributed by atoms with Gasteiger partial charge in [-0.1, -0.05) is 36.4 Å². The van der Waals surface area contributed by atoms with Crippen molar-refractivity contribution < 1.29 is 28.5 Å². The molecule has 0 aliphatic carbocycles. The van der Waals surface area contributed by atoms with Crippen LogP contribution in [0.5, 0.6) is 23.0 Å². The number of Topliss-reactive ketones (excluding diaryl/α,β-unsaturated/α-hetero) is 1. The van der Waals surface area contributed by atoms with Gasteiger partial charge < -0.3 is 18.9 Å². The highest BCUT2D eigenvalue weighted by atomic mass is 16.5. The number of ketones is 1. The van der Waals surface area contributed by atoms with Crippen molar-refractivity contribution in [3.05, 3.63) is 88.7 Å². The lowest BCUT2D eigenvalue weighted by atomic mass is 9.85. The molecule has 6 nitrogen and oxygen atoms in total.